The first-order chi connectivity index (χ1) is 16.4. The molecule has 34 heavy (non-hydrogen) atoms. The molecule has 1 fully saturated rings. The number of rotatable bonds is 11. The first-order valence-corrected chi connectivity index (χ1v) is 12.9. The van der Waals surface area contributed by atoms with Gasteiger partial charge in [0, 0.05) is 37.3 Å². The zero-order chi connectivity index (χ0) is 24.6. The van der Waals surface area contributed by atoms with Gasteiger partial charge in [0.1, 0.15) is 0 Å². The average Bonchev–Trinajstić information content (AvgIpc) is 3.35. The van der Waals surface area contributed by atoms with Gasteiger partial charge in [0.25, 0.3) is 10.0 Å². The van der Waals surface area contributed by atoms with Gasteiger partial charge >= 0.3 is 5.97 Å². The molecule has 11 heteroatoms. The van der Waals surface area contributed by atoms with Crippen molar-refractivity contribution in [2.24, 2.45) is 5.92 Å². The zero-order valence-corrected chi connectivity index (χ0v) is 20.3. The van der Waals surface area contributed by atoms with E-state index in [4.69, 9.17) is 13.9 Å². The standard InChI is InChI=1S/C23H31N3O7S/c1-3-5-15-32-22-18(7-6-12-24-22)16-25-21(27)17-10-13-26(14-11-17)34(29,30)20-9-8-19(33-20)23(28)31-4-2/h6-9,12,17H,3-5,10-11,13-16H2,1-2H3,(H,25,27). The van der Waals surface area contributed by atoms with E-state index >= 15 is 0 Å². The Kier molecular flexibility index (Phi) is 9.05. The fraction of sp³-hybridized carbons (Fsp3) is 0.522. The second-order valence-corrected chi connectivity index (χ2v) is 9.77. The van der Waals surface area contributed by atoms with Crippen LogP contribution in [0.3, 0.4) is 0 Å². The van der Waals surface area contributed by atoms with Crippen LogP contribution in [0.25, 0.3) is 0 Å². The van der Waals surface area contributed by atoms with E-state index in [1.54, 1.807) is 19.2 Å². The van der Waals surface area contributed by atoms with E-state index in [1.807, 2.05) is 6.07 Å². The highest BCUT2D eigenvalue weighted by molar-refractivity contribution is 7.89. The molecule has 2 aromatic heterocycles. The van der Waals surface area contributed by atoms with Gasteiger partial charge in [0.15, 0.2) is 0 Å². The molecule has 0 radical (unpaired) electrons. The number of aromatic nitrogens is 1. The number of furan rings is 1. The molecule has 10 nitrogen and oxygen atoms in total. The molecule has 1 amide bonds. The van der Waals surface area contributed by atoms with Gasteiger partial charge in [-0.05, 0) is 44.4 Å². The molecule has 0 aliphatic carbocycles. The largest absolute Gasteiger partial charge is 0.477 e. The van der Waals surface area contributed by atoms with Gasteiger partial charge in [-0.2, -0.15) is 4.31 Å². The number of ether oxygens (including phenoxy) is 2. The van der Waals surface area contributed by atoms with Gasteiger partial charge in [-0.15, -0.1) is 0 Å². The molecule has 0 bridgehead atoms. The third-order valence-corrected chi connectivity index (χ3v) is 7.29. The van der Waals surface area contributed by atoms with Crippen molar-refractivity contribution in [3.05, 3.63) is 41.8 Å². The van der Waals surface area contributed by atoms with Crippen LogP contribution in [0.1, 0.15) is 55.6 Å². The quantitative estimate of drug-likeness (QED) is 0.374. The fourth-order valence-corrected chi connectivity index (χ4v) is 4.97. The van der Waals surface area contributed by atoms with Crippen LogP contribution in [0.5, 0.6) is 5.88 Å². The van der Waals surface area contributed by atoms with E-state index in [1.165, 1.54) is 16.4 Å². The number of piperidine rings is 1. The summed E-state index contributed by atoms with van der Waals surface area (Å²) >= 11 is 0. The lowest BCUT2D eigenvalue weighted by molar-refractivity contribution is -0.126. The lowest BCUT2D eigenvalue weighted by atomic mass is 9.97. The minimum atomic E-state index is -3.91. The molecule has 1 N–H and O–H groups in total. The predicted octanol–water partition coefficient (Wildman–Crippen LogP) is 2.75. The van der Waals surface area contributed by atoms with Gasteiger partial charge in [-0.1, -0.05) is 19.4 Å². The normalized spacial score (nSPS) is 15.1. The second-order valence-electron chi connectivity index (χ2n) is 7.91. The maximum Gasteiger partial charge on any atom is 0.374 e. The van der Waals surface area contributed by atoms with E-state index in [9.17, 15) is 18.0 Å². The minimum absolute atomic E-state index is 0.136. The topological polar surface area (TPSA) is 128 Å². The Morgan fingerprint density at radius 3 is 2.68 bits per heavy atom. The number of carbonyl (C=O) groups is 2. The monoisotopic (exact) mass is 493 g/mol. The van der Waals surface area contributed by atoms with Crippen molar-refractivity contribution >= 4 is 21.9 Å². The van der Waals surface area contributed by atoms with Gasteiger partial charge < -0.3 is 19.2 Å². The van der Waals surface area contributed by atoms with Crippen molar-refractivity contribution in [2.75, 3.05) is 26.3 Å². The Bertz CT molecular complexity index is 1080. The molecule has 3 heterocycles. The van der Waals surface area contributed by atoms with Gasteiger partial charge in [0.05, 0.1) is 13.2 Å². The summed E-state index contributed by atoms with van der Waals surface area (Å²) in [5.41, 5.74) is 0.794. The minimum Gasteiger partial charge on any atom is -0.477 e. The molecular weight excluding hydrogens is 462 g/mol. The highest BCUT2D eigenvalue weighted by atomic mass is 32.2. The summed E-state index contributed by atoms with van der Waals surface area (Å²) in [7, 11) is -3.91. The maximum atomic E-state index is 12.9. The van der Waals surface area contributed by atoms with E-state index < -0.39 is 16.0 Å². The van der Waals surface area contributed by atoms with Crippen molar-refractivity contribution in [1.29, 1.82) is 0 Å². The lowest BCUT2D eigenvalue weighted by Gasteiger charge is -2.29. The van der Waals surface area contributed by atoms with Crippen LogP contribution in [-0.4, -0.2) is 55.9 Å². The first kappa shape index (κ1) is 25.7. The summed E-state index contributed by atoms with van der Waals surface area (Å²) < 4.78 is 42.8. The third-order valence-electron chi connectivity index (χ3n) is 5.52. The van der Waals surface area contributed by atoms with Crippen molar-refractivity contribution < 1.29 is 31.9 Å². The Balaban J connectivity index is 1.53. The summed E-state index contributed by atoms with van der Waals surface area (Å²) in [5, 5.41) is 2.60. The number of esters is 1. The molecule has 0 spiro atoms. The Morgan fingerprint density at radius 1 is 1.21 bits per heavy atom. The summed E-state index contributed by atoms with van der Waals surface area (Å²) in [6.45, 7) is 5.09. The number of sulfonamides is 1. The van der Waals surface area contributed by atoms with Crippen LogP contribution < -0.4 is 10.1 Å². The van der Waals surface area contributed by atoms with Crippen LogP contribution in [-0.2, 0) is 26.1 Å². The molecule has 3 rings (SSSR count). The fourth-order valence-electron chi connectivity index (χ4n) is 3.58. The number of pyridine rings is 1. The molecule has 1 aliphatic rings. The molecular formula is C23H31N3O7S. The lowest BCUT2D eigenvalue weighted by Crippen LogP contribution is -2.42. The van der Waals surface area contributed by atoms with Crippen LogP contribution in [0, 0.1) is 5.92 Å². The van der Waals surface area contributed by atoms with Gasteiger partial charge in [0.2, 0.25) is 22.6 Å². The van der Waals surface area contributed by atoms with Crippen LogP contribution >= 0.6 is 0 Å². The van der Waals surface area contributed by atoms with E-state index in [0.717, 1.165) is 18.4 Å². The molecule has 0 atom stereocenters. The van der Waals surface area contributed by atoms with Crippen LogP contribution in [0.4, 0.5) is 0 Å². The number of unbranched alkanes of at least 4 members (excludes halogenated alkanes) is 1. The van der Waals surface area contributed by atoms with Crippen molar-refractivity contribution in [3.8, 4) is 5.88 Å². The van der Waals surface area contributed by atoms with Gasteiger partial charge in [-0.25, -0.2) is 18.2 Å². The van der Waals surface area contributed by atoms with E-state index in [-0.39, 0.29) is 48.9 Å². The number of amides is 1. The third kappa shape index (κ3) is 6.35. The molecule has 0 aromatic carbocycles. The summed E-state index contributed by atoms with van der Waals surface area (Å²) in [5.74, 6) is -0.810. The second kappa shape index (κ2) is 12.0. The Morgan fingerprint density at radius 2 is 1.97 bits per heavy atom. The number of nitrogens with zero attached hydrogens (tertiary/aromatic N) is 2. The SMILES string of the molecule is CCCCOc1ncccc1CNC(=O)C1CCN(S(=O)(=O)c2ccc(C(=O)OCC)o2)CC1. The van der Waals surface area contributed by atoms with E-state index in [2.05, 4.69) is 17.2 Å². The van der Waals surface area contributed by atoms with E-state index in [0.29, 0.717) is 25.3 Å². The average molecular weight is 494 g/mol. The smallest absolute Gasteiger partial charge is 0.374 e. The molecule has 2 aromatic rings. The van der Waals surface area contributed by atoms with Crippen molar-refractivity contribution in [1.82, 2.24) is 14.6 Å². The van der Waals surface area contributed by atoms with Crippen LogP contribution in [0.15, 0.2) is 40.0 Å². The Hall–Kier alpha value is -2.92. The summed E-state index contributed by atoms with van der Waals surface area (Å²) in [4.78, 5) is 28.7. The Labute approximate surface area is 199 Å². The predicted molar refractivity (Wildman–Crippen MR) is 123 cm³/mol. The first-order valence-electron chi connectivity index (χ1n) is 11.5. The number of nitrogens with one attached hydrogen (secondary N) is 1. The molecule has 0 saturated carbocycles. The summed E-state index contributed by atoms with van der Waals surface area (Å²) in [6, 6.07) is 6.18. The molecule has 0 unspecified atom stereocenters. The highest BCUT2D eigenvalue weighted by Crippen LogP contribution is 2.26. The number of hydrogen-bond acceptors (Lipinski definition) is 8. The van der Waals surface area contributed by atoms with Crippen molar-refractivity contribution in [2.45, 2.75) is 51.2 Å². The highest BCUT2D eigenvalue weighted by Gasteiger charge is 2.34. The zero-order valence-electron chi connectivity index (χ0n) is 19.5. The summed E-state index contributed by atoms with van der Waals surface area (Å²) in [6.07, 6.45) is 4.34. The van der Waals surface area contributed by atoms with Gasteiger partial charge in [-0.3, -0.25) is 4.79 Å². The van der Waals surface area contributed by atoms with Crippen molar-refractivity contribution in [3.63, 3.8) is 0 Å². The molecule has 1 aliphatic heterocycles. The maximum absolute atomic E-state index is 12.9. The molecule has 186 valence electrons. The number of carbonyl (C=O) groups excluding carboxylic acids is 2. The molecule has 1 saturated heterocycles. The van der Waals surface area contributed by atoms with Crippen LogP contribution in [0.2, 0.25) is 0 Å². The number of hydrogen-bond donors (Lipinski definition) is 1.